The van der Waals surface area contributed by atoms with Gasteiger partial charge in [-0.25, -0.2) is 4.39 Å². The summed E-state index contributed by atoms with van der Waals surface area (Å²) >= 11 is 0. The highest BCUT2D eigenvalue weighted by atomic mass is 19.1. The summed E-state index contributed by atoms with van der Waals surface area (Å²) in [6, 6.07) is 4.59. The van der Waals surface area contributed by atoms with Gasteiger partial charge in [0.2, 0.25) is 5.95 Å². The van der Waals surface area contributed by atoms with Crippen LogP contribution in [0.2, 0.25) is 0 Å². The highest BCUT2D eigenvalue weighted by Crippen LogP contribution is 2.25. The standard InChI is InChI=1S/C11H13FN4O/c1-13-11-15-14-10(16(11)2)7-4-5-8(12)9(6-7)17-3/h4-6H,1-3H3,(H,13,15). The van der Waals surface area contributed by atoms with Crippen molar-refractivity contribution in [2.24, 2.45) is 7.05 Å². The molecule has 0 saturated heterocycles. The van der Waals surface area contributed by atoms with Gasteiger partial charge in [-0.3, -0.25) is 4.57 Å². The van der Waals surface area contributed by atoms with Crippen LogP contribution in [-0.4, -0.2) is 28.9 Å². The zero-order valence-corrected chi connectivity index (χ0v) is 9.86. The Hall–Kier alpha value is -2.11. The van der Waals surface area contributed by atoms with E-state index in [9.17, 15) is 4.39 Å². The van der Waals surface area contributed by atoms with Crippen LogP contribution in [0.3, 0.4) is 0 Å². The Morgan fingerprint density at radius 3 is 2.71 bits per heavy atom. The fraction of sp³-hybridized carbons (Fsp3) is 0.273. The number of aromatic nitrogens is 3. The Morgan fingerprint density at radius 2 is 2.12 bits per heavy atom. The number of ether oxygens (including phenoxy) is 1. The lowest BCUT2D eigenvalue weighted by atomic mass is 10.2. The maximum absolute atomic E-state index is 13.3. The minimum absolute atomic E-state index is 0.191. The SMILES string of the molecule is CNc1nnc(-c2ccc(F)c(OC)c2)n1C. The Morgan fingerprint density at radius 1 is 1.35 bits per heavy atom. The van der Waals surface area contributed by atoms with Gasteiger partial charge in [0.25, 0.3) is 0 Å². The molecule has 1 heterocycles. The largest absolute Gasteiger partial charge is 0.494 e. The summed E-state index contributed by atoms with van der Waals surface area (Å²) in [7, 11) is 5.02. The summed E-state index contributed by atoms with van der Waals surface area (Å²) in [5.74, 6) is 1.08. The van der Waals surface area contributed by atoms with Crippen molar-refractivity contribution in [2.75, 3.05) is 19.5 Å². The molecule has 0 fully saturated rings. The van der Waals surface area contributed by atoms with E-state index in [1.54, 1.807) is 23.7 Å². The number of anilines is 1. The van der Waals surface area contributed by atoms with Gasteiger partial charge in [-0.15, -0.1) is 10.2 Å². The highest BCUT2D eigenvalue weighted by molar-refractivity contribution is 5.59. The van der Waals surface area contributed by atoms with Crippen LogP contribution < -0.4 is 10.1 Å². The number of methoxy groups -OCH3 is 1. The zero-order valence-electron chi connectivity index (χ0n) is 9.86. The summed E-state index contributed by atoms with van der Waals surface area (Å²) in [5.41, 5.74) is 0.750. The van der Waals surface area contributed by atoms with Crippen LogP contribution in [0.25, 0.3) is 11.4 Å². The molecule has 5 nitrogen and oxygen atoms in total. The van der Waals surface area contributed by atoms with E-state index in [-0.39, 0.29) is 5.75 Å². The number of benzene rings is 1. The summed E-state index contributed by atoms with van der Waals surface area (Å²) in [6.45, 7) is 0. The van der Waals surface area contributed by atoms with E-state index >= 15 is 0 Å². The second-order valence-corrected chi connectivity index (χ2v) is 3.51. The second-order valence-electron chi connectivity index (χ2n) is 3.51. The van der Waals surface area contributed by atoms with E-state index in [0.717, 1.165) is 5.56 Å². The van der Waals surface area contributed by atoms with Crippen molar-refractivity contribution in [1.29, 1.82) is 0 Å². The Kier molecular flexibility index (Phi) is 2.95. The molecule has 1 aromatic heterocycles. The summed E-state index contributed by atoms with van der Waals surface area (Å²) in [5, 5.41) is 10.9. The molecule has 1 N–H and O–H groups in total. The van der Waals surface area contributed by atoms with Gasteiger partial charge in [-0.1, -0.05) is 0 Å². The van der Waals surface area contributed by atoms with Gasteiger partial charge >= 0.3 is 0 Å². The molecule has 0 atom stereocenters. The molecule has 0 radical (unpaired) electrons. The molecule has 0 saturated carbocycles. The molecule has 0 spiro atoms. The molecule has 0 aliphatic rings. The molecule has 0 aliphatic heterocycles. The zero-order chi connectivity index (χ0) is 12.4. The molecule has 6 heteroatoms. The molecule has 90 valence electrons. The molecule has 2 rings (SSSR count). The lowest BCUT2D eigenvalue weighted by Gasteiger charge is -2.06. The van der Waals surface area contributed by atoms with Crippen LogP contribution in [0.4, 0.5) is 10.3 Å². The quantitative estimate of drug-likeness (QED) is 0.880. The Balaban J connectivity index is 2.49. The first-order valence-corrected chi connectivity index (χ1v) is 5.08. The minimum Gasteiger partial charge on any atom is -0.494 e. The molecule has 0 unspecified atom stereocenters. The van der Waals surface area contributed by atoms with Crippen molar-refractivity contribution in [3.63, 3.8) is 0 Å². The molecular weight excluding hydrogens is 223 g/mol. The summed E-state index contributed by atoms with van der Waals surface area (Å²) in [6.07, 6.45) is 0. The first-order chi connectivity index (χ1) is 8.17. The van der Waals surface area contributed by atoms with Crippen molar-refractivity contribution < 1.29 is 9.13 Å². The monoisotopic (exact) mass is 236 g/mol. The lowest BCUT2D eigenvalue weighted by molar-refractivity contribution is 0.386. The van der Waals surface area contributed by atoms with Crippen LogP contribution >= 0.6 is 0 Å². The number of hydrogen-bond acceptors (Lipinski definition) is 4. The second kappa shape index (κ2) is 4.40. The normalized spacial score (nSPS) is 10.4. The molecule has 0 aliphatic carbocycles. The Labute approximate surface area is 98.2 Å². The van der Waals surface area contributed by atoms with Crippen molar-refractivity contribution in [1.82, 2.24) is 14.8 Å². The topological polar surface area (TPSA) is 52.0 Å². The van der Waals surface area contributed by atoms with Crippen molar-refractivity contribution >= 4 is 5.95 Å². The van der Waals surface area contributed by atoms with Crippen molar-refractivity contribution in [2.45, 2.75) is 0 Å². The third-order valence-electron chi connectivity index (χ3n) is 2.51. The van der Waals surface area contributed by atoms with Gasteiger partial charge in [-0.2, -0.15) is 0 Å². The number of rotatable bonds is 3. The van der Waals surface area contributed by atoms with E-state index in [1.807, 2.05) is 7.05 Å². The van der Waals surface area contributed by atoms with E-state index in [0.29, 0.717) is 11.8 Å². The van der Waals surface area contributed by atoms with E-state index < -0.39 is 5.82 Å². The maximum atomic E-state index is 13.3. The first kappa shape index (κ1) is 11.4. The van der Waals surface area contributed by atoms with E-state index in [4.69, 9.17) is 4.74 Å². The lowest BCUT2D eigenvalue weighted by Crippen LogP contribution is -2.00. The number of hydrogen-bond donors (Lipinski definition) is 1. The third kappa shape index (κ3) is 1.93. The molecule has 0 bridgehead atoms. The highest BCUT2D eigenvalue weighted by Gasteiger charge is 2.12. The average molecular weight is 236 g/mol. The van der Waals surface area contributed by atoms with Gasteiger partial charge in [0.05, 0.1) is 7.11 Å². The Bertz CT molecular complexity index is 538. The number of nitrogens with zero attached hydrogens (tertiary/aromatic N) is 3. The van der Waals surface area contributed by atoms with Gasteiger partial charge in [0.15, 0.2) is 17.4 Å². The number of halogens is 1. The van der Waals surface area contributed by atoms with Crippen LogP contribution in [0.1, 0.15) is 0 Å². The van der Waals surface area contributed by atoms with Gasteiger partial charge in [-0.05, 0) is 18.2 Å². The molecule has 0 amide bonds. The predicted molar refractivity (Wildman–Crippen MR) is 62.5 cm³/mol. The van der Waals surface area contributed by atoms with Crippen LogP contribution in [0.15, 0.2) is 18.2 Å². The van der Waals surface area contributed by atoms with Gasteiger partial charge in [0.1, 0.15) is 0 Å². The molecule has 2 aromatic rings. The third-order valence-corrected chi connectivity index (χ3v) is 2.51. The summed E-state index contributed by atoms with van der Waals surface area (Å²) < 4.78 is 20.0. The molecular formula is C11H13FN4O. The van der Waals surface area contributed by atoms with Crippen molar-refractivity contribution in [3.8, 4) is 17.1 Å². The molecule has 17 heavy (non-hydrogen) atoms. The maximum Gasteiger partial charge on any atom is 0.224 e. The van der Waals surface area contributed by atoms with Crippen LogP contribution in [0, 0.1) is 5.82 Å². The predicted octanol–water partition coefficient (Wildman–Crippen LogP) is 1.67. The average Bonchev–Trinajstić information content (AvgIpc) is 2.71. The van der Waals surface area contributed by atoms with Gasteiger partial charge < -0.3 is 10.1 Å². The van der Waals surface area contributed by atoms with Crippen molar-refractivity contribution in [3.05, 3.63) is 24.0 Å². The molecule has 1 aromatic carbocycles. The smallest absolute Gasteiger partial charge is 0.224 e. The van der Waals surface area contributed by atoms with E-state index in [2.05, 4.69) is 15.5 Å². The fourth-order valence-electron chi connectivity index (χ4n) is 1.60. The minimum atomic E-state index is -0.396. The fourth-order valence-corrected chi connectivity index (χ4v) is 1.60. The first-order valence-electron chi connectivity index (χ1n) is 5.08. The summed E-state index contributed by atoms with van der Waals surface area (Å²) in [4.78, 5) is 0. The number of nitrogens with one attached hydrogen (secondary N) is 1. The van der Waals surface area contributed by atoms with Crippen LogP contribution in [0.5, 0.6) is 5.75 Å². The van der Waals surface area contributed by atoms with E-state index in [1.165, 1.54) is 13.2 Å². The van der Waals surface area contributed by atoms with Crippen LogP contribution in [-0.2, 0) is 7.05 Å². The van der Waals surface area contributed by atoms with Gasteiger partial charge in [0, 0.05) is 19.7 Å².